The maximum atomic E-state index is 12.5. The fourth-order valence-electron chi connectivity index (χ4n) is 5.88. The van der Waals surface area contributed by atoms with Crippen molar-refractivity contribution in [3.63, 3.8) is 0 Å². The van der Waals surface area contributed by atoms with Crippen molar-refractivity contribution in [2.24, 2.45) is 0 Å². The molecule has 0 aromatic heterocycles. The summed E-state index contributed by atoms with van der Waals surface area (Å²) in [4.78, 5) is 12.5. The lowest BCUT2D eigenvalue weighted by Crippen LogP contribution is -2.61. The molecule has 0 spiro atoms. The number of carbonyl (C=O) groups excluding carboxylic acids is 1. The Hall–Kier alpha value is -1.79. The van der Waals surface area contributed by atoms with Gasteiger partial charge in [-0.1, -0.05) is 88.8 Å². The van der Waals surface area contributed by atoms with E-state index >= 15 is 0 Å². The summed E-state index contributed by atoms with van der Waals surface area (Å²) in [6, 6.07) is 0. The number of unbranched alkanes of at least 4 members (excludes halogenated alkanes) is 8. The molecule has 308 valence electrons. The van der Waals surface area contributed by atoms with Gasteiger partial charge in [0.15, 0.2) is 12.6 Å². The highest BCUT2D eigenvalue weighted by atomic mass is 16.7. The van der Waals surface area contributed by atoms with E-state index in [1.807, 2.05) is 6.92 Å². The van der Waals surface area contributed by atoms with Crippen LogP contribution in [0.2, 0.25) is 0 Å². The van der Waals surface area contributed by atoms with Gasteiger partial charge in [-0.05, 0) is 44.9 Å². The molecular formula is C39H68O14. The topological polar surface area (TPSA) is 214 Å². The Kier molecular flexibility index (Phi) is 25.6. The van der Waals surface area contributed by atoms with E-state index in [1.165, 1.54) is 12.8 Å². The number of esters is 1. The van der Waals surface area contributed by atoms with E-state index in [1.54, 1.807) is 0 Å². The third-order valence-corrected chi connectivity index (χ3v) is 9.16. The fourth-order valence-corrected chi connectivity index (χ4v) is 5.88. The van der Waals surface area contributed by atoms with Gasteiger partial charge in [-0.3, -0.25) is 4.79 Å². The number of aliphatic hydroxyl groups is 7. The van der Waals surface area contributed by atoms with Crippen LogP contribution in [0.4, 0.5) is 0 Å². The van der Waals surface area contributed by atoms with Crippen molar-refractivity contribution in [3.8, 4) is 0 Å². The third-order valence-electron chi connectivity index (χ3n) is 9.16. The summed E-state index contributed by atoms with van der Waals surface area (Å²) in [6.07, 6.45) is 10.4. The molecule has 2 heterocycles. The smallest absolute Gasteiger partial charge is 0.306 e. The van der Waals surface area contributed by atoms with Gasteiger partial charge in [-0.2, -0.15) is 0 Å². The highest BCUT2D eigenvalue weighted by molar-refractivity contribution is 5.69. The van der Waals surface area contributed by atoms with Gasteiger partial charge in [0, 0.05) is 13.0 Å². The first-order valence-corrected chi connectivity index (χ1v) is 19.6. The number of aliphatic hydroxyl groups excluding tert-OH is 7. The average molecular weight is 761 g/mol. The van der Waals surface area contributed by atoms with Crippen LogP contribution in [0.5, 0.6) is 0 Å². The first-order valence-electron chi connectivity index (χ1n) is 19.6. The van der Waals surface area contributed by atoms with E-state index in [2.05, 4.69) is 43.4 Å². The second-order valence-electron chi connectivity index (χ2n) is 13.7. The molecule has 7 N–H and O–H groups in total. The van der Waals surface area contributed by atoms with Crippen molar-refractivity contribution in [2.45, 2.75) is 171 Å². The largest absolute Gasteiger partial charge is 0.457 e. The number of carbonyl (C=O) groups is 1. The molecule has 53 heavy (non-hydrogen) atoms. The molecule has 2 rings (SSSR count). The number of hydrogen-bond acceptors (Lipinski definition) is 14. The molecule has 0 radical (unpaired) electrons. The van der Waals surface area contributed by atoms with Gasteiger partial charge in [0.05, 0.1) is 26.4 Å². The van der Waals surface area contributed by atoms with Crippen molar-refractivity contribution in [2.75, 3.05) is 33.0 Å². The van der Waals surface area contributed by atoms with Crippen LogP contribution in [0.3, 0.4) is 0 Å². The van der Waals surface area contributed by atoms with Crippen LogP contribution >= 0.6 is 0 Å². The quantitative estimate of drug-likeness (QED) is 0.0347. The standard InChI is InChI=1S/C39H68O14/c1-3-5-7-8-9-10-11-12-13-14-15-16-17-18-19-21-23-48-25-28(51-31(41)22-20-6-4-2)26-49-38-37(47)35(45)33(43)30(53-38)27-50-39-36(46)34(44)32(42)29(24-40)52-39/h5,7,9-10,12-13,28-30,32-40,42-47H,3-4,6,8,11,14-27H2,1-2H3/b7-5-,10-9-,13-12-. The zero-order chi connectivity index (χ0) is 38.8. The predicted octanol–water partition coefficient (Wildman–Crippen LogP) is 2.73. The summed E-state index contributed by atoms with van der Waals surface area (Å²) in [6.45, 7) is 3.31. The Bertz CT molecular complexity index is 1020. The number of allylic oxidation sites excluding steroid dienone is 6. The summed E-state index contributed by atoms with van der Waals surface area (Å²) < 4.78 is 33.7. The second-order valence-corrected chi connectivity index (χ2v) is 13.7. The lowest BCUT2D eigenvalue weighted by Gasteiger charge is -2.42. The van der Waals surface area contributed by atoms with Gasteiger partial charge in [-0.15, -0.1) is 0 Å². The highest BCUT2D eigenvalue weighted by Gasteiger charge is 2.47. The second kappa shape index (κ2) is 28.6. The average Bonchev–Trinajstić information content (AvgIpc) is 3.15. The molecule has 14 heteroatoms. The molecule has 0 aromatic carbocycles. The Balaban J connectivity index is 1.76. The van der Waals surface area contributed by atoms with E-state index in [9.17, 15) is 40.5 Å². The Morgan fingerprint density at radius 2 is 1.23 bits per heavy atom. The molecule has 2 saturated heterocycles. The molecule has 11 unspecified atom stereocenters. The summed E-state index contributed by atoms with van der Waals surface area (Å²) in [5, 5.41) is 71.3. The summed E-state index contributed by atoms with van der Waals surface area (Å²) >= 11 is 0. The molecule has 0 amide bonds. The van der Waals surface area contributed by atoms with E-state index in [0.29, 0.717) is 13.0 Å². The molecule has 0 bridgehead atoms. The molecule has 2 aliphatic rings. The normalized spacial score (nSPS) is 30.1. The third kappa shape index (κ3) is 18.6. The van der Waals surface area contributed by atoms with Crippen molar-refractivity contribution >= 4 is 5.97 Å². The maximum absolute atomic E-state index is 12.5. The van der Waals surface area contributed by atoms with E-state index in [0.717, 1.165) is 64.2 Å². The van der Waals surface area contributed by atoms with Crippen molar-refractivity contribution in [3.05, 3.63) is 36.5 Å². The fraction of sp³-hybridized carbons (Fsp3) is 0.821. The molecule has 11 atom stereocenters. The molecule has 0 aliphatic carbocycles. The molecule has 0 aromatic rings. The van der Waals surface area contributed by atoms with E-state index in [4.69, 9.17) is 28.4 Å². The summed E-state index contributed by atoms with van der Waals surface area (Å²) in [5.41, 5.74) is 0. The first kappa shape index (κ1) is 47.4. The Morgan fingerprint density at radius 1 is 0.642 bits per heavy atom. The van der Waals surface area contributed by atoms with Crippen LogP contribution in [0.15, 0.2) is 36.5 Å². The minimum atomic E-state index is -1.70. The van der Waals surface area contributed by atoms with Crippen molar-refractivity contribution < 1.29 is 69.0 Å². The van der Waals surface area contributed by atoms with Crippen LogP contribution in [-0.4, -0.2) is 142 Å². The van der Waals surface area contributed by atoms with Gasteiger partial charge >= 0.3 is 5.97 Å². The van der Waals surface area contributed by atoms with E-state index < -0.39 is 86.7 Å². The van der Waals surface area contributed by atoms with Crippen LogP contribution < -0.4 is 0 Å². The summed E-state index contributed by atoms with van der Waals surface area (Å²) in [5.74, 6) is -0.409. The summed E-state index contributed by atoms with van der Waals surface area (Å²) in [7, 11) is 0. The van der Waals surface area contributed by atoms with Gasteiger partial charge in [0.2, 0.25) is 0 Å². The molecule has 2 fully saturated rings. The van der Waals surface area contributed by atoms with Gasteiger partial charge < -0.3 is 64.2 Å². The van der Waals surface area contributed by atoms with Crippen LogP contribution in [0.1, 0.15) is 104 Å². The zero-order valence-corrected chi connectivity index (χ0v) is 31.7. The van der Waals surface area contributed by atoms with Gasteiger partial charge in [0.1, 0.15) is 54.9 Å². The minimum absolute atomic E-state index is 0.0497. The van der Waals surface area contributed by atoms with Crippen molar-refractivity contribution in [1.82, 2.24) is 0 Å². The number of hydrogen-bond donors (Lipinski definition) is 7. The monoisotopic (exact) mass is 760 g/mol. The lowest BCUT2D eigenvalue weighted by molar-refractivity contribution is -0.332. The molecular weight excluding hydrogens is 692 g/mol. The maximum Gasteiger partial charge on any atom is 0.306 e. The Labute approximate surface area is 315 Å². The predicted molar refractivity (Wildman–Crippen MR) is 196 cm³/mol. The van der Waals surface area contributed by atoms with Crippen molar-refractivity contribution in [1.29, 1.82) is 0 Å². The Morgan fingerprint density at radius 3 is 1.89 bits per heavy atom. The van der Waals surface area contributed by atoms with Crippen LogP contribution in [0.25, 0.3) is 0 Å². The first-order chi connectivity index (χ1) is 25.6. The van der Waals surface area contributed by atoms with Crippen LogP contribution in [0, 0.1) is 0 Å². The SMILES string of the molecule is CC/C=C\C/C=C\C/C=C\CCCCCCCCOCC(COC1OC(COC2OC(CO)C(O)C(O)C2O)C(O)C(O)C1O)OC(=O)CCCCC. The van der Waals surface area contributed by atoms with Gasteiger partial charge in [0.25, 0.3) is 0 Å². The zero-order valence-electron chi connectivity index (χ0n) is 31.7. The number of ether oxygens (including phenoxy) is 6. The molecule has 2 aliphatic heterocycles. The molecule has 14 nitrogen and oxygen atoms in total. The van der Waals surface area contributed by atoms with Crippen LogP contribution in [-0.2, 0) is 33.2 Å². The highest BCUT2D eigenvalue weighted by Crippen LogP contribution is 2.26. The minimum Gasteiger partial charge on any atom is -0.457 e. The molecule has 0 saturated carbocycles. The lowest BCUT2D eigenvalue weighted by atomic mass is 9.98. The van der Waals surface area contributed by atoms with Gasteiger partial charge in [-0.25, -0.2) is 0 Å². The number of rotatable bonds is 28. The van der Waals surface area contributed by atoms with E-state index in [-0.39, 0.29) is 19.6 Å².